The summed E-state index contributed by atoms with van der Waals surface area (Å²) in [6.45, 7) is 2.00. The standard InChI is InChI=1S/C18H20N6O3S/c1-12-5-4-6-13(7-12)19-17(26)10-24-9-16(27-3)15(25)8-14(24)11-28-18-20-21-22-23(18)2/h4-9H,10-11H2,1-3H3,(H,19,26). The molecule has 10 heteroatoms. The Morgan fingerprint density at radius 1 is 1.32 bits per heavy atom. The molecule has 0 aliphatic carbocycles. The van der Waals surface area contributed by atoms with Gasteiger partial charge in [0, 0.05) is 30.2 Å². The number of aromatic nitrogens is 5. The van der Waals surface area contributed by atoms with Crippen molar-refractivity contribution in [2.75, 3.05) is 12.4 Å². The fraction of sp³-hybridized carbons (Fsp3) is 0.278. The molecule has 0 fully saturated rings. The Morgan fingerprint density at radius 2 is 2.14 bits per heavy atom. The van der Waals surface area contributed by atoms with Crippen molar-refractivity contribution in [3.05, 3.63) is 58.0 Å². The van der Waals surface area contributed by atoms with Gasteiger partial charge in [-0.15, -0.1) is 5.10 Å². The normalized spacial score (nSPS) is 10.7. The molecule has 0 unspecified atom stereocenters. The number of hydrogen-bond acceptors (Lipinski definition) is 7. The Morgan fingerprint density at radius 3 is 2.82 bits per heavy atom. The minimum absolute atomic E-state index is 0.0392. The van der Waals surface area contributed by atoms with E-state index in [-0.39, 0.29) is 23.6 Å². The largest absolute Gasteiger partial charge is 0.491 e. The monoisotopic (exact) mass is 400 g/mol. The minimum atomic E-state index is -0.246. The highest BCUT2D eigenvalue weighted by Crippen LogP contribution is 2.20. The van der Waals surface area contributed by atoms with Gasteiger partial charge in [-0.25, -0.2) is 4.68 Å². The number of methoxy groups -OCH3 is 1. The lowest BCUT2D eigenvalue weighted by Crippen LogP contribution is -2.22. The van der Waals surface area contributed by atoms with Crippen LogP contribution >= 0.6 is 11.8 Å². The van der Waals surface area contributed by atoms with Crippen LogP contribution in [0.5, 0.6) is 5.75 Å². The summed E-state index contributed by atoms with van der Waals surface area (Å²) in [6.07, 6.45) is 1.54. The Kier molecular flexibility index (Phi) is 6.09. The molecule has 0 aliphatic rings. The number of tetrazole rings is 1. The number of thioether (sulfide) groups is 1. The third-order valence-electron chi connectivity index (χ3n) is 3.95. The van der Waals surface area contributed by atoms with Gasteiger partial charge >= 0.3 is 0 Å². The average Bonchev–Trinajstić information content (AvgIpc) is 3.06. The molecular formula is C18H20N6O3S. The van der Waals surface area contributed by atoms with Crippen molar-refractivity contribution in [2.24, 2.45) is 7.05 Å². The third kappa shape index (κ3) is 4.77. The van der Waals surface area contributed by atoms with E-state index in [4.69, 9.17) is 4.74 Å². The van der Waals surface area contributed by atoms with Gasteiger partial charge in [0.15, 0.2) is 5.75 Å². The number of carbonyl (C=O) groups is 1. The highest BCUT2D eigenvalue weighted by molar-refractivity contribution is 7.98. The summed E-state index contributed by atoms with van der Waals surface area (Å²) in [5.41, 5.74) is 2.19. The molecule has 0 saturated carbocycles. The molecule has 1 amide bonds. The maximum Gasteiger partial charge on any atom is 0.244 e. The predicted molar refractivity (Wildman–Crippen MR) is 105 cm³/mol. The van der Waals surface area contributed by atoms with E-state index in [1.807, 2.05) is 31.2 Å². The minimum Gasteiger partial charge on any atom is -0.491 e. The lowest BCUT2D eigenvalue weighted by atomic mass is 10.2. The lowest BCUT2D eigenvalue weighted by molar-refractivity contribution is -0.116. The molecule has 0 spiro atoms. The molecule has 146 valence electrons. The summed E-state index contributed by atoms with van der Waals surface area (Å²) in [7, 11) is 3.16. The van der Waals surface area contributed by atoms with Gasteiger partial charge in [-0.2, -0.15) is 0 Å². The molecule has 9 nitrogen and oxygen atoms in total. The number of ether oxygens (including phenoxy) is 1. The summed E-state index contributed by atoms with van der Waals surface area (Å²) >= 11 is 1.37. The van der Waals surface area contributed by atoms with Crippen molar-refractivity contribution < 1.29 is 9.53 Å². The Balaban J connectivity index is 1.80. The van der Waals surface area contributed by atoms with Crippen LogP contribution in [0.2, 0.25) is 0 Å². The van der Waals surface area contributed by atoms with E-state index in [1.54, 1.807) is 22.5 Å². The maximum absolute atomic E-state index is 12.5. The van der Waals surface area contributed by atoms with Crippen LogP contribution in [0.4, 0.5) is 5.69 Å². The van der Waals surface area contributed by atoms with Crippen LogP contribution in [0.15, 0.2) is 46.5 Å². The first-order chi connectivity index (χ1) is 13.5. The van der Waals surface area contributed by atoms with E-state index in [2.05, 4.69) is 20.8 Å². The maximum atomic E-state index is 12.5. The molecule has 28 heavy (non-hydrogen) atoms. The summed E-state index contributed by atoms with van der Waals surface area (Å²) in [4.78, 5) is 24.7. The molecule has 1 N–H and O–H groups in total. The van der Waals surface area contributed by atoms with Gasteiger partial charge in [0.05, 0.1) is 13.3 Å². The summed E-state index contributed by atoms with van der Waals surface area (Å²) in [5.74, 6) is 0.394. The zero-order valence-electron chi connectivity index (χ0n) is 15.7. The summed E-state index contributed by atoms with van der Waals surface area (Å²) in [5, 5.41) is 14.8. The number of aryl methyl sites for hydroxylation is 2. The zero-order valence-corrected chi connectivity index (χ0v) is 16.6. The van der Waals surface area contributed by atoms with Gasteiger partial charge in [0.25, 0.3) is 0 Å². The van der Waals surface area contributed by atoms with Crippen LogP contribution in [-0.2, 0) is 24.1 Å². The first kappa shape index (κ1) is 19.6. The van der Waals surface area contributed by atoms with Gasteiger partial charge in [-0.05, 0) is 35.0 Å². The number of rotatable bonds is 7. The van der Waals surface area contributed by atoms with Crippen LogP contribution in [0.25, 0.3) is 0 Å². The Bertz CT molecular complexity index is 1050. The third-order valence-corrected chi connectivity index (χ3v) is 4.99. The van der Waals surface area contributed by atoms with Crippen LogP contribution < -0.4 is 15.5 Å². The predicted octanol–water partition coefficient (Wildman–Crippen LogP) is 1.62. The second kappa shape index (κ2) is 8.70. The molecule has 3 rings (SSSR count). The van der Waals surface area contributed by atoms with Crippen molar-refractivity contribution in [3.8, 4) is 5.75 Å². The molecule has 0 atom stereocenters. The van der Waals surface area contributed by atoms with Gasteiger partial charge in [-0.3, -0.25) is 9.59 Å². The highest BCUT2D eigenvalue weighted by Gasteiger charge is 2.13. The number of carbonyl (C=O) groups excluding carboxylic acids is 1. The molecular weight excluding hydrogens is 380 g/mol. The van der Waals surface area contributed by atoms with Crippen LogP contribution in [0.1, 0.15) is 11.3 Å². The van der Waals surface area contributed by atoms with Crippen molar-refractivity contribution >= 4 is 23.4 Å². The average molecular weight is 400 g/mol. The fourth-order valence-corrected chi connectivity index (χ4v) is 3.42. The van der Waals surface area contributed by atoms with Gasteiger partial charge in [-0.1, -0.05) is 23.9 Å². The number of nitrogens with zero attached hydrogens (tertiary/aromatic N) is 5. The first-order valence-electron chi connectivity index (χ1n) is 8.45. The number of benzene rings is 1. The van der Waals surface area contributed by atoms with Gasteiger partial charge < -0.3 is 14.6 Å². The Hall–Kier alpha value is -3.14. The molecule has 0 radical (unpaired) electrons. The van der Waals surface area contributed by atoms with Crippen molar-refractivity contribution in [1.29, 1.82) is 0 Å². The van der Waals surface area contributed by atoms with Crippen molar-refractivity contribution in [3.63, 3.8) is 0 Å². The molecule has 0 aliphatic heterocycles. The SMILES string of the molecule is COc1cn(CC(=O)Nc2cccc(C)c2)c(CSc2nnnn2C)cc1=O. The molecule has 3 aromatic rings. The zero-order chi connectivity index (χ0) is 20.1. The quantitative estimate of drug-likeness (QED) is 0.601. The smallest absolute Gasteiger partial charge is 0.244 e. The Labute approximate surface area is 165 Å². The first-order valence-corrected chi connectivity index (χ1v) is 9.44. The van der Waals surface area contributed by atoms with E-state index < -0.39 is 0 Å². The van der Waals surface area contributed by atoms with Crippen molar-refractivity contribution in [2.45, 2.75) is 24.4 Å². The molecule has 0 bridgehead atoms. The van der Waals surface area contributed by atoms with Crippen LogP contribution in [-0.4, -0.2) is 37.8 Å². The fourth-order valence-electron chi connectivity index (χ4n) is 2.58. The topological polar surface area (TPSA) is 104 Å². The van der Waals surface area contributed by atoms with E-state index in [1.165, 1.54) is 24.9 Å². The number of nitrogens with one attached hydrogen (secondary N) is 1. The van der Waals surface area contributed by atoms with Gasteiger partial charge in [0.2, 0.25) is 16.5 Å². The molecule has 1 aromatic carbocycles. The molecule has 2 aromatic heterocycles. The number of hydrogen-bond donors (Lipinski definition) is 1. The van der Waals surface area contributed by atoms with E-state index >= 15 is 0 Å². The lowest BCUT2D eigenvalue weighted by Gasteiger charge is -2.14. The van der Waals surface area contributed by atoms with Crippen molar-refractivity contribution in [1.82, 2.24) is 24.8 Å². The van der Waals surface area contributed by atoms with Crippen LogP contribution in [0, 0.1) is 6.92 Å². The summed E-state index contributed by atoms with van der Waals surface area (Å²) in [6, 6.07) is 9.02. The number of amides is 1. The second-order valence-electron chi connectivity index (χ2n) is 6.12. The van der Waals surface area contributed by atoms with E-state index in [9.17, 15) is 9.59 Å². The number of anilines is 1. The molecule has 0 saturated heterocycles. The van der Waals surface area contributed by atoms with E-state index in [0.717, 1.165) is 11.3 Å². The van der Waals surface area contributed by atoms with Gasteiger partial charge in [0.1, 0.15) is 6.54 Å². The summed E-state index contributed by atoms with van der Waals surface area (Å²) < 4.78 is 8.36. The highest BCUT2D eigenvalue weighted by atomic mass is 32.2. The second-order valence-corrected chi connectivity index (χ2v) is 7.06. The number of pyridine rings is 1. The molecule has 2 heterocycles. The van der Waals surface area contributed by atoms with E-state index in [0.29, 0.717) is 16.6 Å². The van der Waals surface area contributed by atoms with Crippen LogP contribution in [0.3, 0.4) is 0 Å².